The molecule has 2 N–H and O–H groups in total. The molecule has 19 heavy (non-hydrogen) atoms. The molecule has 3 nitrogen and oxygen atoms in total. The quantitative estimate of drug-likeness (QED) is 0.611. The molecule has 1 aliphatic rings. The van der Waals surface area contributed by atoms with Crippen molar-refractivity contribution in [3.05, 3.63) is 0 Å². The Bertz CT molecular complexity index is 213. The predicted molar refractivity (Wildman–Crippen MR) is 80.1 cm³/mol. The molecule has 0 aliphatic carbocycles. The Morgan fingerprint density at radius 3 is 2.26 bits per heavy atom. The summed E-state index contributed by atoms with van der Waals surface area (Å²) in [5.74, 6) is 0. The summed E-state index contributed by atoms with van der Waals surface area (Å²) in [5, 5.41) is 0. The number of hydrogen-bond acceptors (Lipinski definition) is 3. The molecule has 0 amide bonds. The molecule has 0 aromatic rings. The van der Waals surface area contributed by atoms with E-state index in [1.807, 2.05) is 0 Å². The number of unbranched alkanes of at least 4 members (excludes halogenated alkanes) is 6. The van der Waals surface area contributed by atoms with Crippen molar-refractivity contribution in [2.24, 2.45) is 5.73 Å². The van der Waals surface area contributed by atoms with Crippen LogP contribution in [-0.2, 0) is 9.47 Å². The third kappa shape index (κ3) is 7.28. The normalized spacial score (nSPS) is 27.6. The highest BCUT2D eigenvalue weighted by Crippen LogP contribution is 2.23. The lowest BCUT2D eigenvalue weighted by molar-refractivity contribution is -0.193. The molecule has 3 heteroatoms. The van der Waals surface area contributed by atoms with Crippen molar-refractivity contribution < 1.29 is 9.47 Å². The van der Waals surface area contributed by atoms with Gasteiger partial charge in [-0.05, 0) is 19.3 Å². The minimum absolute atomic E-state index is 0.268. The van der Waals surface area contributed by atoms with Crippen molar-refractivity contribution in [3.63, 3.8) is 0 Å². The van der Waals surface area contributed by atoms with Gasteiger partial charge in [0, 0.05) is 0 Å². The Morgan fingerprint density at radius 2 is 1.68 bits per heavy atom. The Balaban J connectivity index is 2.09. The largest absolute Gasteiger partial charge is 0.371 e. The first-order valence-electron chi connectivity index (χ1n) is 8.24. The molecular weight excluding hydrogens is 238 g/mol. The monoisotopic (exact) mass is 271 g/mol. The van der Waals surface area contributed by atoms with Crippen LogP contribution in [0.4, 0.5) is 0 Å². The molecule has 1 aliphatic heterocycles. The maximum absolute atomic E-state index is 6.23. The van der Waals surface area contributed by atoms with Gasteiger partial charge in [0.15, 0.2) is 0 Å². The van der Waals surface area contributed by atoms with Gasteiger partial charge in [0.2, 0.25) is 0 Å². The van der Waals surface area contributed by atoms with E-state index >= 15 is 0 Å². The van der Waals surface area contributed by atoms with E-state index in [9.17, 15) is 0 Å². The third-order valence-electron chi connectivity index (χ3n) is 3.95. The van der Waals surface area contributed by atoms with Crippen LogP contribution in [0.5, 0.6) is 0 Å². The van der Waals surface area contributed by atoms with Gasteiger partial charge in [0.1, 0.15) is 5.72 Å². The fourth-order valence-corrected chi connectivity index (χ4v) is 2.57. The molecule has 114 valence electrons. The van der Waals surface area contributed by atoms with Crippen molar-refractivity contribution in [3.8, 4) is 0 Å². The number of rotatable bonds is 10. The second kappa shape index (κ2) is 9.73. The topological polar surface area (TPSA) is 44.5 Å². The second-order valence-corrected chi connectivity index (χ2v) is 5.97. The first-order chi connectivity index (χ1) is 9.20. The van der Waals surface area contributed by atoms with E-state index < -0.39 is 5.72 Å². The minimum atomic E-state index is -0.520. The summed E-state index contributed by atoms with van der Waals surface area (Å²) in [5.41, 5.74) is 5.71. The van der Waals surface area contributed by atoms with E-state index in [1.165, 1.54) is 44.9 Å². The molecule has 0 aromatic heterocycles. The molecule has 1 saturated heterocycles. The lowest BCUT2D eigenvalue weighted by atomic mass is 10.0. The Labute approximate surface area is 119 Å². The molecule has 0 bridgehead atoms. The van der Waals surface area contributed by atoms with Crippen molar-refractivity contribution >= 4 is 0 Å². The molecule has 0 aromatic carbocycles. The highest BCUT2D eigenvalue weighted by atomic mass is 16.6. The summed E-state index contributed by atoms with van der Waals surface area (Å²) in [6, 6.07) is 0. The van der Waals surface area contributed by atoms with Gasteiger partial charge in [-0.1, -0.05) is 58.8 Å². The van der Waals surface area contributed by atoms with Gasteiger partial charge in [-0.25, -0.2) is 0 Å². The second-order valence-electron chi connectivity index (χ2n) is 5.97. The van der Waals surface area contributed by atoms with E-state index in [0.29, 0.717) is 13.2 Å². The molecule has 0 saturated carbocycles. The Hall–Kier alpha value is -0.120. The first-order valence-corrected chi connectivity index (χ1v) is 8.24. The van der Waals surface area contributed by atoms with Crippen molar-refractivity contribution in [1.29, 1.82) is 0 Å². The third-order valence-corrected chi connectivity index (χ3v) is 3.95. The zero-order chi connectivity index (χ0) is 14.0. The number of hydrogen-bond donors (Lipinski definition) is 1. The molecule has 2 unspecified atom stereocenters. The molecule has 1 fully saturated rings. The summed E-state index contributed by atoms with van der Waals surface area (Å²) < 4.78 is 11.7. The predicted octanol–water partition coefficient (Wildman–Crippen LogP) is 4.00. The standard InChI is InChI=1S/C16H33NO2/c1-3-5-7-9-11-15-13-19-16(17,14-18-15)12-10-8-6-4-2/h15H,3-14,17H2,1-2H3. The zero-order valence-corrected chi connectivity index (χ0v) is 13.0. The van der Waals surface area contributed by atoms with Crippen LogP contribution in [-0.4, -0.2) is 25.0 Å². The van der Waals surface area contributed by atoms with Crippen LogP contribution >= 0.6 is 0 Å². The number of nitrogens with two attached hydrogens (primary N) is 1. The summed E-state index contributed by atoms with van der Waals surface area (Å²) >= 11 is 0. The van der Waals surface area contributed by atoms with Crippen LogP contribution in [0.1, 0.15) is 78.1 Å². The zero-order valence-electron chi connectivity index (χ0n) is 13.0. The molecule has 0 spiro atoms. The van der Waals surface area contributed by atoms with Gasteiger partial charge >= 0.3 is 0 Å². The fourth-order valence-electron chi connectivity index (χ4n) is 2.57. The van der Waals surface area contributed by atoms with Crippen LogP contribution in [0, 0.1) is 0 Å². The minimum Gasteiger partial charge on any atom is -0.371 e. The van der Waals surface area contributed by atoms with E-state index in [4.69, 9.17) is 15.2 Å². The van der Waals surface area contributed by atoms with Crippen LogP contribution < -0.4 is 5.73 Å². The van der Waals surface area contributed by atoms with Crippen LogP contribution in [0.25, 0.3) is 0 Å². The van der Waals surface area contributed by atoms with E-state index in [1.54, 1.807) is 0 Å². The van der Waals surface area contributed by atoms with E-state index in [-0.39, 0.29) is 6.10 Å². The average Bonchev–Trinajstić information content (AvgIpc) is 2.42. The van der Waals surface area contributed by atoms with E-state index in [2.05, 4.69) is 13.8 Å². The number of ether oxygens (including phenoxy) is 2. The Kier molecular flexibility index (Phi) is 8.67. The fraction of sp³-hybridized carbons (Fsp3) is 1.00. The summed E-state index contributed by atoms with van der Waals surface area (Å²) in [4.78, 5) is 0. The van der Waals surface area contributed by atoms with Gasteiger partial charge in [-0.3, -0.25) is 0 Å². The smallest absolute Gasteiger partial charge is 0.140 e. The van der Waals surface area contributed by atoms with Gasteiger partial charge in [-0.15, -0.1) is 0 Å². The highest BCUT2D eigenvalue weighted by molar-refractivity contribution is 4.78. The molecular formula is C16H33NO2. The van der Waals surface area contributed by atoms with E-state index in [0.717, 1.165) is 19.3 Å². The average molecular weight is 271 g/mol. The lowest BCUT2D eigenvalue weighted by Crippen LogP contribution is -2.53. The van der Waals surface area contributed by atoms with Gasteiger partial charge in [-0.2, -0.15) is 0 Å². The van der Waals surface area contributed by atoms with Gasteiger partial charge in [0.25, 0.3) is 0 Å². The Morgan fingerprint density at radius 1 is 1.00 bits per heavy atom. The maximum Gasteiger partial charge on any atom is 0.140 e. The summed E-state index contributed by atoms with van der Waals surface area (Å²) in [6.07, 6.45) is 12.4. The molecule has 1 heterocycles. The van der Waals surface area contributed by atoms with Crippen LogP contribution in [0.3, 0.4) is 0 Å². The molecule has 2 atom stereocenters. The van der Waals surface area contributed by atoms with Gasteiger partial charge in [0.05, 0.1) is 19.3 Å². The van der Waals surface area contributed by atoms with Crippen molar-refractivity contribution in [2.45, 2.75) is 89.9 Å². The molecule has 1 rings (SSSR count). The maximum atomic E-state index is 6.23. The molecule has 0 radical (unpaired) electrons. The van der Waals surface area contributed by atoms with Crippen molar-refractivity contribution in [1.82, 2.24) is 0 Å². The first kappa shape index (κ1) is 16.9. The van der Waals surface area contributed by atoms with Crippen molar-refractivity contribution in [2.75, 3.05) is 13.2 Å². The lowest BCUT2D eigenvalue weighted by Gasteiger charge is -2.37. The van der Waals surface area contributed by atoms with Crippen LogP contribution in [0.15, 0.2) is 0 Å². The summed E-state index contributed by atoms with van der Waals surface area (Å²) in [7, 11) is 0. The van der Waals surface area contributed by atoms with Gasteiger partial charge < -0.3 is 15.2 Å². The summed E-state index contributed by atoms with van der Waals surface area (Å²) in [6.45, 7) is 5.71. The van der Waals surface area contributed by atoms with Crippen LogP contribution in [0.2, 0.25) is 0 Å². The highest BCUT2D eigenvalue weighted by Gasteiger charge is 2.32. The SMILES string of the molecule is CCCCCCC1COC(N)(CCCCCC)CO1.